The van der Waals surface area contributed by atoms with Gasteiger partial charge in [0, 0.05) is 72.4 Å². The highest BCUT2D eigenvalue weighted by atomic mass is 16.2. The number of amides is 1. The Labute approximate surface area is 188 Å². The lowest BCUT2D eigenvalue weighted by atomic mass is 9.93. The van der Waals surface area contributed by atoms with Gasteiger partial charge in [-0.2, -0.15) is 5.10 Å². The Bertz CT molecular complexity index is 1130. The Morgan fingerprint density at radius 1 is 1.09 bits per heavy atom. The minimum Gasteiger partial charge on any atom is -0.338 e. The van der Waals surface area contributed by atoms with Gasteiger partial charge in [0.05, 0.1) is 6.20 Å². The summed E-state index contributed by atoms with van der Waals surface area (Å²) in [5.74, 6) is 0.799. The maximum Gasteiger partial charge on any atom is 0.246 e. The fourth-order valence-corrected chi connectivity index (χ4v) is 4.10. The molecule has 0 aliphatic carbocycles. The molecule has 0 bridgehead atoms. The van der Waals surface area contributed by atoms with E-state index in [1.807, 2.05) is 57.1 Å². The van der Waals surface area contributed by atoms with Crippen LogP contribution in [0.15, 0.2) is 36.7 Å². The largest absolute Gasteiger partial charge is 0.338 e. The number of anilines is 2. The molecule has 1 aliphatic rings. The van der Waals surface area contributed by atoms with Crippen molar-refractivity contribution >= 4 is 23.6 Å². The molecular formula is C24H29N7O. The fraction of sp³-hybridized carbons (Fsp3) is 0.375. The van der Waals surface area contributed by atoms with Gasteiger partial charge < -0.3 is 10.2 Å². The summed E-state index contributed by atoms with van der Waals surface area (Å²) in [6, 6.07) is 6.00. The van der Waals surface area contributed by atoms with E-state index in [2.05, 4.69) is 26.4 Å². The predicted octanol–water partition coefficient (Wildman–Crippen LogP) is 3.69. The molecule has 8 heteroatoms. The normalized spacial score (nSPS) is 16.5. The topological polar surface area (TPSA) is 88.8 Å². The van der Waals surface area contributed by atoms with Gasteiger partial charge in [0.2, 0.25) is 11.9 Å². The molecule has 8 nitrogen and oxygen atoms in total. The Morgan fingerprint density at radius 2 is 1.84 bits per heavy atom. The molecule has 1 fully saturated rings. The van der Waals surface area contributed by atoms with Gasteiger partial charge in [0.1, 0.15) is 0 Å². The van der Waals surface area contributed by atoms with Crippen molar-refractivity contribution in [1.29, 1.82) is 0 Å². The van der Waals surface area contributed by atoms with Crippen molar-refractivity contribution in [3.63, 3.8) is 0 Å². The Morgan fingerprint density at radius 3 is 2.56 bits per heavy atom. The lowest BCUT2D eigenvalue weighted by Gasteiger charge is -2.32. The van der Waals surface area contributed by atoms with Gasteiger partial charge in [0.15, 0.2) is 0 Å². The summed E-state index contributed by atoms with van der Waals surface area (Å²) in [4.78, 5) is 28.4. The average Bonchev–Trinajstić information content (AvgIpc) is 3.16. The molecule has 1 aliphatic heterocycles. The first-order valence-electron chi connectivity index (χ1n) is 10.9. The molecular weight excluding hydrogens is 402 g/mol. The summed E-state index contributed by atoms with van der Waals surface area (Å²) in [6.45, 7) is 7.32. The van der Waals surface area contributed by atoms with Crippen molar-refractivity contribution < 1.29 is 4.79 Å². The zero-order chi connectivity index (χ0) is 22.7. The highest BCUT2D eigenvalue weighted by Gasteiger charge is 2.25. The highest BCUT2D eigenvalue weighted by molar-refractivity contribution is 5.91. The number of carbonyl (C=O) groups is 1. The first-order chi connectivity index (χ1) is 15.4. The molecule has 4 heterocycles. The predicted molar refractivity (Wildman–Crippen MR) is 125 cm³/mol. The van der Waals surface area contributed by atoms with Crippen LogP contribution in [0.3, 0.4) is 0 Å². The third-order valence-corrected chi connectivity index (χ3v) is 5.51. The quantitative estimate of drug-likeness (QED) is 0.620. The molecule has 1 saturated heterocycles. The molecule has 166 valence electrons. The van der Waals surface area contributed by atoms with Crippen molar-refractivity contribution in [1.82, 2.24) is 29.6 Å². The standard InChI is InChI=1S/C24H29N7O/c1-16-10-17(2)28-24(27-16)29-21-11-18(3)26-22(12-21)20-6-5-9-31(15-20)23(32)8-7-19-13-25-30(4)14-19/h7-8,10-14,20H,5-6,9,15H2,1-4H3,(H,26,27,28,29)/b8-7+. The second-order valence-corrected chi connectivity index (χ2v) is 8.43. The molecule has 1 N–H and O–H groups in total. The molecule has 3 aromatic heterocycles. The number of carbonyl (C=O) groups excluding carboxylic acids is 1. The number of nitrogens with one attached hydrogen (secondary N) is 1. The van der Waals surface area contributed by atoms with Crippen LogP contribution in [0.1, 0.15) is 47.1 Å². The number of aromatic nitrogens is 5. The van der Waals surface area contributed by atoms with Crippen molar-refractivity contribution in [2.45, 2.75) is 39.5 Å². The lowest BCUT2D eigenvalue weighted by Crippen LogP contribution is -2.38. The maximum absolute atomic E-state index is 12.8. The van der Waals surface area contributed by atoms with Gasteiger partial charge in [-0.05, 0) is 57.9 Å². The highest BCUT2D eigenvalue weighted by Crippen LogP contribution is 2.28. The molecule has 1 amide bonds. The van der Waals surface area contributed by atoms with Crippen LogP contribution in [0, 0.1) is 20.8 Å². The van der Waals surface area contributed by atoms with Gasteiger partial charge in [0.25, 0.3) is 0 Å². The molecule has 0 spiro atoms. The van der Waals surface area contributed by atoms with Crippen LogP contribution in [0.4, 0.5) is 11.6 Å². The Balaban J connectivity index is 1.48. The number of piperidine rings is 1. The lowest BCUT2D eigenvalue weighted by molar-refractivity contribution is -0.127. The molecule has 4 rings (SSSR count). The van der Waals surface area contributed by atoms with Crippen LogP contribution in [-0.2, 0) is 11.8 Å². The molecule has 1 unspecified atom stereocenters. The van der Waals surface area contributed by atoms with Gasteiger partial charge in [-0.1, -0.05) is 0 Å². The number of nitrogens with zero attached hydrogens (tertiary/aromatic N) is 6. The number of pyridine rings is 1. The van der Waals surface area contributed by atoms with Crippen LogP contribution in [0.25, 0.3) is 6.08 Å². The van der Waals surface area contributed by atoms with Crippen molar-refractivity contribution in [3.05, 3.63) is 65.0 Å². The van der Waals surface area contributed by atoms with E-state index in [9.17, 15) is 4.79 Å². The minimum absolute atomic E-state index is 0.0215. The zero-order valence-corrected chi connectivity index (χ0v) is 19.0. The summed E-state index contributed by atoms with van der Waals surface area (Å²) in [7, 11) is 1.86. The van der Waals surface area contributed by atoms with E-state index in [1.165, 1.54) is 0 Å². The smallest absolute Gasteiger partial charge is 0.246 e. The number of rotatable bonds is 5. The first kappa shape index (κ1) is 21.7. The third kappa shape index (κ3) is 5.38. The summed E-state index contributed by atoms with van der Waals surface area (Å²) in [5, 5.41) is 7.45. The van der Waals surface area contributed by atoms with Crippen LogP contribution in [-0.4, -0.2) is 48.6 Å². The molecule has 0 saturated carbocycles. The molecule has 0 radical (unpaired) electrons. The third-order valence-electron chi connectivity index (χ3n) is 5.51. The number of aryl methyl sites for hydroxylation is 4. The molecule has 0 aromatic carbocycles. The van der Waals surface area contributed by atoms with Gasteiger partial charge in [-0.15, -0.1) is 0 Å². The number of hydrogen-bond acceptors (Lipinski definition) is 6. The van der Waals surface area contributed by atoms with E-state index < -0.39 is 0 Å². The fourth-order valence-electron chi connectivity index (χ4n) is 4.10. The van der Waals surface area contributed by atoms with Gasteiger partial charge in [-0.25, -0.2) is 9.97 Å². The minimum atomic E-state index is 0.0215. The zero-order valence-electron chi connectivity index (χ0n) is 19.0. The van der Waals surface area contributed by atoms with Crippen molar-refractivity contribution in [2.24, 2.45) is 7.05 Å². The second kappa shape index (κ2) is 9.30. The van der Waals surface area contributed by atoms with Crippen molar-refractivity contribution in [2.75, 3.05) is 18.4 Å². The van der Waals surface area contributed by atoms with Gasteiger partial charge >= 0.3 is 0 Å². The van der Waals surface area contributed by atoms with Crippen LogP contribution < -0.4 is 5.32 Å². The summed E-state index contributed by atoms with van der Waals surface area (Å²) in [6.07, 6.45) is 9.03. The van der Waals surface area contributed by atoms with E-state index in [1.54, 1.807) is 17.0 Å². The van der Waals surface area contributed by atoms with E-state index in [0.29, 0.717) is 12.5 Å². The van der Waals surface area contributed by atoms with Crippen LogP contribution in [0.5, 0.6) is 0 Å². The van der Waals surface area contributed by atoms with E-state index in [0.717, 1.165) is 53.4 Å². The molecule has 1 atom stereocenters. The van der Waals surface area contributed by atoms with Gasteiger partial charge in [-0.3, -0.25) is 14.5 Å². The average molecular weight is 432 g/mol. The first-order valence-corrected chi connectivity index (χ1v) is 10.9. The SMILES string of the molecule is Cc1cc(Nc2nc(C)cc(C)n2)cc(C2CCCN(C(=O)/C=C/c3cnn(C)c3)C2)n1. The van der Waals surface area contributed by atoms with E-state index >= 15 is 0 Å². The number of likely N-dealkylation sites (tertiary alicyclic amines) is 1. The second-order valence-electron chi connectivity index (χ2n) is 8.43. The van der Waals surface area contributed by atoms with E-state index in [-0.39, 0.29) is 11.8 Å². The van der Waals surface area contributed by atoms with E-state index in [4.69, 9.17) is 4.98 Å². The van der Waals surface area contributed by atoms with Crippen molar-refractivity contribution in [3.8, 4) is 0 Å². The molecule has 3 aromatic rings. The number of hydrogen-bond donors (Lipinski definition) is 1. The van der Waals surface area contributed by atoms with Crippen LogP contribution in [0.2, 0.25) is 0 Å². The molecule has 32 heavy (non-hydrogen) atoms. The monoisotopic (exact) mass is 431 g/mol. The van der Waals surface area contributed by atoms with Crippen LogP contribution >= 0.6 is 0 Å². The summed E-state index contributed by atoms with van der Waals surface area (Å²) >= 11 is 0. The summed E-state index contributed by atoms with van der Waals surface area (Å²) in [5.41, 5.74) is 5.59. The Kier molecular flexibility index (Phi) is 6.30. The Hall–Kier alpha value is -3.55. The summed E-state index contributed by atoms with van der Waals surface area (Å²) < 4.78 is 1.72. The maximum atomic E-state index is 12.8.